The Morgan fingerprint density at radius 2 is 2.22 bits per heavy atom. The lowest BCUT2D eigenvalue weighted by atomic mass is 10.1. The molecular weight excluding hydrogens is 292 g/mol. The van der Waals surface area contributed by atoms with Crippen LogP contribution in [0.1, 0.15) is 34.7 Å². The first-order valence-electron chi connectivity index (χ1n) is 7.82. The van der Waals surface area contributed by atoms with Crippen LogP contribution in [-0.2, 0) is 11.3 Å². The van der Waals surface area contributed by atoms with Gasteiger partial charge < -0.3 is 9.64 Å². The topological polar surface area (TPSA) is 68.2 Å². The molecule has 0 spiro atoms. The first kappa shape index (κ1) is 15.6. The molecule has 0 bridgehead atoms. The van der Waals surface area contributed by atoms with E-state index in [0.717, 1.165) is 30.8 Å². The minimum absolute atomic E-state index is 0.0353. The standard InChI is InChI=1S/C17H20N4O2/c1-13-9-20-16(10-19-13)17(22)21-8-4-6-15(11-21)23-12-14-5-2-3-7-18-14/h2-3,5,7,9-10,15H,4,6,8,11-12H2,1H3/t15-/m1/s1. The molecule has 1 aliphatic heterocycles. The Morgan fingerprint density at radius 1 is 1.30 bits per heavy atom. The van der Waals surface area contributed by atoms with Gasteiger partial charge in [0.25, 0.3) is 5.91 Å². The van der Waals surface area contributed by atoms with Crippen molar-refractivity contribution >= 4 is 5.91 Å². The van der Waals surface area contributed by atoms with Crippen LogP contribution in [0.15, 0.2) is 36.8 Å². The van der Waals surface area contributed by atoms with E-state index in [4.69, 9.17) is 4.74 Å². The number of carbonyl (C=O) groups is 1. The van der Waals surface area contributed by atoms with Gasteiger partial charge in [-0.1, -0.05) is 6.07 Å². The lowest BCUT2D eigenvalue weighted by Gasteiger charge is -2.32. The van der Waals surface area contributed by atoms with Crippen LogP contribution in [-0.4, -0.2) is 45.0 Å². The van der Waals surface area contributed by atoms with E-state index in [1.807, 2.05) is 25.1 Å². The third-order valence-corrected chi connectivity index (χ3v) is 3.86. The van der Waals surface area contributed by atoms with Crippen molar-refractivity contribution in [1.82, 2.24) is 19.9 Å². The van der Waals surface area contributed by atoms with Gasteiger partial charge in [-0.15, -0.1) is 0 Å². The zero-order valence-corrected chi connectivity index (χ0v) is 13.2. The molecule has 0 saturated carbocycles. The molecule has 1 fully saturated rings. The number of aryl methyl sites for hydroxylation is 1. The maximum atomic E-state index is 12.5. The number of hydrogen-bond donors (Lipinski definition) is 0. The number of piperidine rings is 1. The smallest absolute Gasteiger partial charge is 0.274 e. The molecule has 6 heteroatoms. The van der Waals surface area contributed by atoms with Crippen LogP contribution in [0, 0.1) is 6.92 Å². The molecule has 1 aliphatic rings. The van der Waals surface area contributed by atoms with Gasteiger partial charge in [0.2, 0.25) is 0 Å². The van der Waals surface area contributed by atoms with Crippen molar-refractivity contribution in [3.8, 4) is 0 Å². The average Bonchev–Trinajstić information content (AvgIpc) is 2.61. The first-order valence-corrected chi connectivity index (χ1v) is 7.82. The summed E-state index contributed by atoms with van der Waals surface area (Å²) in [5.41, 5.74) is 2.10. The Bertz CT molecular complexity index is 645. The molecule has 0 aliphatic carbocycles. The fraction of sp³-hybridized carbons (Fsp3) is 0.412. The van der Waals surface area contributed by atoms with Crippen LogP contribution in [0.2, 0.25) is 0 Å². The van der Waals surface area contributed by atoms with Gasteiger partial charge in [0, 0.05) is 25.5 Å². The maximum absolute atomic E-state index is 12.5. The number of nitrogens with zero attached hydrogens (tertiary/aromatic N) is 4. The predicted octanol–water partition coefficient (Wildman–Crippen LogP) is 2.00. The van der Waals surface area contributed by atoms with E-state index in [1.165, 1.54) is 6.20 Å². The second kappa shape index (κ2) is 7.28. The van der Waals surface area contributed by atoms with Gasteiger partial charge in [-0.05, 0) is 31.9 Å². The summed E-state index contributed by atoms with van der Waals surface area (Å²) in [7, 11) is 0. The van der Waals surface area contributed by atoms with Crippen LogP contribution in [0.5, 0.6) is 0 Å². The highest BCUT2D eigenvalue weighted by atomic mass is 16.5. The number of amides is 1. The summed E-state index contributed by atoms with van der Waals surface area (Å²) in [5, 5.41) is 0. The molecular formula is C17H20N4O2. The van der Waals surface area contributed by atoms with Crippen molar-refractivity contribution in [3.63, 3.8) is 0 Å². The highest BCUT2D eigenvalue weighted by molar-refractivity contribution is 5.92. The third kappa shape index (κ3) is 4.10. The molecule has 0 radical (unpaired) electrons. The molecule has 6 nitrogen and oxygen atoms in total. The molecule has 0 N–H and O–H groups in total. The lowest BCUT2D eigenvalue weighted by Crippen LogP contribution is -2.43. The number of rotatable bonds is 4. The van der Waals surface area contributed by atoms with Gasteiger partial charge in [-0.25, -0.2) is 4.98 Å². The number of carbonyl (C=O) groups excluding carboxylic acids is 1. The quantitative estimate of drug-likeness (QED) is 0.864. The lowest BCUT2D eigenvalue weighted by molar-refractivity contribution is -0.00802. The molecule has 0 unspecified atom stereocenters. The van der Waals surface area contributed by atoms with Crippen LogP contribution in [0.25, 0.3) is 0 Å². The van der Waals surface area contributed by atoms with Crippen molar-refractivity contribution in [2.75, 3.05) is 13.1 Å². The van der Waals surface area contributed by atoms with Crippen LogP contribution < -0.4 is 0 Å². The Balaban J connectivity index is 1.57. The van der Waals surface area contributed by atoms with Crippen molar-refractivity contribution < 1.29 is 9.53 Å². The summed E-state index contributed by atoms with van der Waals surface area (Å²) >= 11 is 0. The highest BCUT2D eigenvalue weighted by Crippen LogP contribution is 2.16. The minimum atomic E-state index is -0.0800. The Labute approximate surface area is 135 Å². The predicted molar refractivity (Wildman–Crippen MR) is 84.7 cm³/mol. The molecule has 120 valence electrons. The second-order valence-electron chi connectivity index (χ2n) is 5.69. The van der Waals surface area contributed by atoms with Gasteiger partial charge in [-0.2, -0.15) is 0 Å². The van der Waals surface area contributed by atoms with Gasteiger partial charge in [-0.3, -0.25) is 14.8 Å². The second-order valence-corrected chi connectivity index (χ2v) is 5.69. The van der Waals surface area contributed by atoms with Crippen LogP contribution >= 0.6 is 0 Å². The summed E-state index contributed by atoms with van der Waals surface area (Å²) < 4.78 is 5.91. The number of likely N-dealkylation sites (tertiary alicyclic amines) is 1. The van der Waals surface area contributed by atoms with Crippen molar-refractivity contribution in [2.24, 2.45) is 0 Å². The van der Waals surface area contributed by atoms with Crippen molar-refractivity contribution in [3.05, 3.63) is 53.9 Å². The monoisotopic (exact) mass is 312 g/mol. The third-order valence-electron chi connectivity index (χ3n) is 3.86. The summed E-state index contributed by atoms with van der Waals surface area (Å²) in [4.78, 5) is 26.8. The molecule has 1 saturated heterocycles. The SMILES string of the molecule is Cc1cnc(C(=O)N2CCC[C@@H](OCc3ccccn3)C2)cn1. The fourth-order valence-electron chi connectivity index (χ4n) is 2.61. The van der Waals surface area contributed by atoms with E-state index < -0.39 is 0 Å². The van der Waals surface area contributed by atoms with Gasteiger partial charge in [0.05, 0.1) is 30.3 Å². The van der Waals surface area contributed by atoms with Crippen LogP contribution in [0.3, 0.4) is 0 Å². The molecule has 0 aromatic carbocycles. The molecule has 1 atom stereocenters. The summed E-state index contributed by atoms with van der Waals surface area (Å²) in [6.07, 6.45) is 6.83. The van der Waals surface area contributed by atoms with Crippen molar-refractivity contribution in [2.45, 2.75) is 32.5 Å². The molecule has 2 aromatic heterocycles. The van der Waals surface area contributed by atoms with E-state index in [9.17, 15) is 4.79 Å². The van der Waals surface area contributed by atoms with E-state index in [2.05, 4.69) is 15.0 Å². The largest absolute Gasteiger partial charge is 0.370 e. The summed E-state index contributed by atoms with van der Waals surface area (Å²) in [5.74, 6) is -0.0800. The first-order chi connectivity index (χ1) is 11.2. The zero-order chi connectivity index (χ0) is 16.1. The molecule has 23 heavy (non-hydrogen) atoms. The molecule has 2 aromatic rings. The van der Waals surface area contributed by atoms with Crippen LogP contribution in [0.4, 0.5) is 0 Å². The van der Waals surface area contributed by atoms with Crippen molar-refractivity contribution in [1.29, 1.82) is 0 Å². The highest BCUT2D eigenvalue weighted by Gasteiger charge is 2.25. The van der Waals surface area contributed by atoms with E-state index in [-0.39, 0.29) is 12.0 Å². The number of hydrogen-bond acceptors (Lipinski definition) is 5. The zero-order valence-electron chi connectivity index (χ0n) is 13.2. The molecule has 1 amide bonds. The van der Waals surface area contributed by atoms with Gasteiger partial charge in [0.15, 0.2) is 0 Å². The Hall–Kier alpha value is -2.34. The number of pyridine rings is 1. The maximum Gasteiger partial charge on any atom is 0.274 e. The van der Waals surface area contributed by atoms with E-state index in [1.54, 1.807) is 17.3 Å². The summed E-state index contributed by atoms with van der Waals surface area (Å²) in [6, 6.07) is 5.76. The molecule has 3 heterocycles. The number of ether oxygens (including phenoxy) is 1. The van der Waals surface area contributed by atoms with Gasteiger partial charge in [0.1, 0.15) is 5.69 Å². The number of aromatic nitrogens is 3. The Kier molecular flexibility index (Phi) is 4.92. The van der Waals surface area contributed by atoms with Gasteiger partial charge >= 0.3 is 0 Å². The van der Waals surface area contributed by atoms with E-state index in [0.29, 0.717) is 18.8 Å². The normalized spacial score (nSPS) is 18.0. The Morgan fingerprint density at radius 3 is 2.96 bits per heavy atom. The minimum Gasteiger partial charge on any atom is -0.370 e. The average molecular weight is 312 g/mol. The summed E-state index contributed by atoms with van der Waals surface area (Å²) in [6.45, 7) is 3.64. The molecule has 3 rings (SSSR count). The fourth-order valence-corrected chi connectivity index (χ4v) is 2.61. The van der Waals surface area contributed by atoms with E-state index >= 15 is 0 Å².